The lowest BCUT2D eigenvalue weighted by Gasteiger charge is -1.96. The van der Waals surface area contributed by atoms with E-state index in [9.17, 15) is 15.4 Å². The van der Waals surface area contributed by atoms with E-state index in [0.717, 1.165) is 5.56 Å². The molecule has 124 valence electrons. The molecule has 7 nitrogen and oxygen atoms in total. The predicted octanol–water partition coefficient (Wildman–Crippen LogP) is 4.69. The topological polar surface area (TPSA) is 106 Å². The number of non-ortho nitro benzene ring substituents is 1. The van der Waals surface area contributed by atoms with E-state index in [0.29, 0.717) is 28.4 Å². The molecule has 3 rings (SSSR count). The molecule has 2 heterocycles. The molecule has 0 spiro atoms. The zero-order valence-corrected chi connectivity index (χ0v) is 13.5. The molecule has 7 heteroatoms. The number of nitro benzene ring substituents is 1. The van der Waals surface area contributed by atoms with E-state index < -0.39 is 4.92 Å². The standard InChI is InChI=1S/C18H13N3O4/c1-11-12(2)24-18(16(11)9-19)20-10-15-6-7-17(25-15)13-4-3-5-14(8-13)21(22)23/h3-8,10H,1-2H3. The highest BCUT2D eigenvalue weighted by Crippen LogP contribution is 2.29. The van der Waals surface area contributed by atoms with Gasteiger partial charge in [-0.15, -0.1) is 0 Å². The van der Waals surface area contributed by atoms with Gasteiger partial charge in [0, 0.05) is 23.3 Å². The molecule has 0 fully saturated rings. The summed E-state index contributed by atoms with van der Waals surface area (Å²) in [5, 5.41) is 20.0. The van der Waals surface area contributed by atoms with Gasteiger partial charge in [-0.25, -0.2) is 4.99 Å². The Morgan fingerprint density at radius 2 is 2.04 bits per heavy atom. The molecule has 0 amide bonds. The van der Waals surface area contributed by atoms with Crippen LogP contribution in [0.5, 0.6) is 0 Å². The minimum Gasteiger partial charge on any atom is -0.455 e. The minimum atomic E-state index is -0.459. The zero-order chi connectivity index (χ0) is 18.0. The summed E-state index contributed by atoms with van der Waals surface area (Å²) in [5.41, 5.74) is 1.73. The average molecular weight is 335 g/mol. The third-order valence-electron chi connectivity index (χ3n) is 3.76. The summed E-state index contributed by atoms with van der Waals surface area (Å²) in [6.07, 6.45) is 1.44. The van der Waals surface area contributed by atoms with E-state index in [4.69, 9.17) is 8.83 Å². The average Bonchev–Trinajstić information content (AvgIpc) is 3.18. The summed E-state index contributed by atoms with van der Waals surface area (Å²) < 4.78 is 11.1. The van der Waals surface area contributed by atoms with Crippen molar-refractivity contribution in [2.24, 2.45) is 4.99 Å². The van der Waals surface area contributed by atoms with Gasteiger partial charge in [0.2, 0.25) is 5.88 Å². The number of nitrogens with zero attached hydrogens (tertiary/aromatic N) is 3. The van der Waals surface area contributed by atoms with Crippen molar-refractivity contribution in [2.75, 3.05) is 0 Å². The maximum Gasteiger partial charge on any atom is 0.270 e. The lowest BCUT2D eigenvalue weighted by Crippen LogP contribution is -1.87. The molecule has 2 aromatic heterocycles. The fourth-order valence-corrected chi connectivity index (χ4v) is 2.30. The van der Waals surface area contributed by atoms with Crippen LogP contribution < -0.4 is 0 Å². The van der Waals surface area contributed by atoms with Crippen LogP contribution in [0.1, 0.15) is 22.6 Å². The van der Waals surface area contributed by atoms with Crippen LogP contribution in [0, 0.1) is 35.3 Å². The van der Waals surface area contributed by atoms with Crippen molar-refractivity contribution < 1.29 is 13.8 Å². The largest absolute Gasteiger partial charge is 0.455 e. The summed E-state index contributed by atoms with van der Waals surface area (Å²) in [4.78, 5) is 14.6. The first kappa shape index (κ1) is 16.2. The van der Waals surface area contributed by atoms with Gasteiger partial charge in [0.15, 0.2) is 0 Å². The molecule has 0 aliphatic carbocycles. The van der Waals surface area contributed by atoms with Crippen LogP contribution in [0.3, 0.4) is 0 Å². The summed E-state index contributed by atoms with van der Waals surface area (Å²) >= 11 is 0. The van der Waals surface area contributed by atoms with Crippen LogP contribution in [-0.2, 0) is 0 Å². The van der Waals surface area contributed by atoms with Crippen LogP contribution >= 0.6 is 0 Å². The highest BCUT2D eigenvalue weighted by molar-refractivity contribution is 5.80. The van der Waals surface area contributed by atoms with Gasteiger partial charge in [0.05, 0.1) is 11.1 Å². The number of furan rings is 2. The van der Waals surface area contributed by atoms with Gasteiger partial charge < -0.3 is 8.83 Å². The third-order valence-corrected chi connectivity index (χ3v) is 3.76. The van der Waals surface area contributed by atoms with E-state index in [-0.39, 0.29) is 11.6 Å². The van der Waals surface area contributed by atoms with Crippen LogP contribution in [-0.4, -0.2) is 11.1 Å². The molecule has 1 aromatic carbocycles. The fraction of sp³-hybridized carbons (Fsp3) is 0.111. The normalized spacial score (nSPS) is 10.9. The minimum absolute atomic E-state index is 0.00989. The van der Waals surface area contributed by atoms with Crippen LogP contribution in [0.4, 0.5) is 11.6 Å². The molecule has 25 heavy (non-hydrogen) atoms. The monoisotopic (exact) mass is 335 g/mol. The summed E-state index contributed by atoms with van der Waals surface area (Å²) in [5.74, 6) is 1.79. The Balaban J connectivity index is 1.88. The smallest absolute Gasteiger partial charge is 0.270 e. The first-order valence-electron chi connectivity index (χ1n) is 7.38. The third kappa shape index (κ3) is 3.19. The molecule has 0 aliphatic heterocycles. The zero-order valence-electron chi connectivity index (χ0n) is 13.5. The molecule has 0 atom stereocenters. The van der Waals surface area contributed by atoms with Gasteiger partial charge in [-0.2, -0.15) is 5.26 Å². The molecule has 0 bridgehead atoms. The molecular formula is C18H13N3O4. The van der Waals surface area contributed by atoms with Crippen molar-refractivity contribution >= 4 is 17.8 Å². The maximum absolute atomic E-state index is 10.9. The molecule has 0 saturated heterocycles. The fourth-order valence-electron chi connectivity index (χ4n) is 2.30. The quantitative estimate of drug-likeness (QED) is 0.391. The van der Waals surface area contributed by atoms with Gasteiger partial charge in [-0.1, -0.05) is 12.1 Å². The van der Waals surface area contributed by atoms with Crippen molar-refractivity contribution in [3.63, 3.8) is 0 Å². The summed E-state index contributed by atoms with van der Waals surface area (Å²) in [7, 11) is 0. The van der Waals surface area contributed by atoms with E-state index in [1.54, 1.807) is 38.1 Å². The van der Waals surface area contributed by atoms with Crippen molar-refractivity contribution in [3.05, 3.63) is 69.2 Å². The Morgan fingerprint density at radius 3 is 2.76 bits per heavy atom. The van der Waals surface area contributed by atoms with Gasteiger partial charge in [0.25, 0.3) is 5.69 Å². The van der Waals surface area contributed by atoms with E-state index in [1.165, 1.54) is 18.3 Å². The molecule has 0 N–H and O–H groups in total. The maximum atomic E-state index is 10.9. The number of nitro groups is 1. The SMILES string of the molecule is Cc1oc(N=Cc2ccc(-c3cccc([N+](=O)[O-])c3)o2)c(C#N)c1C. The molecular weight excluding hydrogens is 322 g/mol. The number of rotatable bonds is 4. The Morgan fingerprint density at radius 1 is 1.24 bits per heavy atom. The second-order valence-corrected chi connectivity index (χ2v) is 5.34. The van der Waals surface area contributed by atoms with Gasteiger partial charge in [-0.05, 0) is 26.0 Å². The summed E-state index contributed by atoms with van der Waals surface area (Å²) in [6, 6.07) is 11.6. The molecule has 0 aliphatic rings. The van der Waals surface area contributed by atoms with Gasteiger partial charge in [0.1, 0.15) is 28.9 Å². The predicted molar refractivity (Wildman–Crippen MR) is 90.9 cm³/mol. The Hall–Kier alpha value is -3.66. The van der Waals surface area contributed by atoms with Crippen molar-refractivity contribution in [1.82, 2.24) is 0 Å². The molecule has 0 saturated carbocycles. The van der Waals surface area contributed by atoms with E-state index in [1.807, 2.05) is 0 Å². The Labute approximate surface area is 143 Å². The van der Waals surface area contributed by atoms with Crippen molar-refractivity contribution in [3.8, 4) is 17.4 Å². The number of hydrogen-bond acceptors (Lipinski definition) is 6. The number of aliphatic imine (C=N–C) groups is 1. The second-order valence-electron chi connectivity index (χ2n) is 5.34. The van der Waals surface area contributed by atoms with Crippen molar-refractivity contribution in [1.29, 1.82) is 5.26 Å². The number of aryl methyl sites for hydroxylation is 1. The highest BCUT2D eigenvalue weighted by Gasteiger charge is 2.13. The summed E-state index contributed by atoms with van der Waals surface area (Å²) in [6.45, 7) is 3.56. The van der Waals surface area contributed by atoms with Crippen molar-refractivity contribution in [2.45, 2.75) is 13.8 Å². The number of nitriles is 1. The van der Waals surface area contributed by atoms with E-state index >= 15 is 0 Å². The van der Waals surface area contributed by atoms with Crippen LogP contribution in [0.25, 0.3) is 11.3 Å². The molecule has 0 unspecified atom stereocenters. The molecule has 3 aromatic rings. The lowest BCUT2D eigenvalue weighted by molar-refractivity contribution is -0.384. The number of hydrogen-bond donors (Lipinski definition) is 0. The second kappa shape index (κ2) is 6.45. The Kier molecular flexibility index (Phi) is 4.18. The van der Waals surface area contributed by atoms with E-state index in [2.05, 4.69) is 11.1 Å². The first-order valence-corrected chi connectivity index (χ1v) is 7.38. The first-order chi connectivity index (χ1) is 12.0. The highest BCUT2D eigenvalue weighted by atomic mass is 16.6. The van der Waals surface area contributed by atoms with Crippen LogP contribution in [0.2, 0.25) is 0 Å². The number of benzene rings is 1. The molecule has 0 radical (unpaired) electrons. The van der Waals surface area contributed by atoms with Crippen LogP contribution in [0.15, 0.2) is 50.2 Å². The van der Waals surface area contributed by atoms with Gasteiger partial charge in [-0.3, -0.25) is 10.1 Å². The lowest BCUT2D eigenvalue weighted by atomic mass is 10.1. The van der Waals surface area contributed by atoms with Gasteiger partial charge >= 0.3 is 0 Å². The Bertz CT molecular complexity index is 1020.